The SMILES string of the molecule is CON(C)C(=O)c1c(C)nc(C2CC2)[nH]c1=O. The highest BCUT2D eigenvalue weighted by atomic mass is 16.7. The van der Waals surface area contributed by atoms with E-state index in [1.54, 1.807) is 6.92 Å². The van der Waals surface area contributed by atoms with E-state index < -0.39 is 11.5 Å². The predicted molar refractivity (Wildman–Crippen MR) is 60.7 cm³/mol. The third-order valence-electron chi connectivity index (χ3n) is 2.86. The van der Waals surface area contributed by atoms with Crippen LogP contribution in [-0.4, -0.2) is 35.1 Å². The first-order valence-corrected chi connectivity index (χ1v) is 5.47. The van der Waals surface area contributed by atoms with E-state index >= 15 is 0 Å². The summed E-state index contributed by atoms with van der Waals surface area (Å²) in [6.07, 6.45) is 2.10. The predicted octanol–water partition coefficient (Wildman–Crippen LogP) is 0.589. The number of amides is 1. The van der Waals surface area contributed by atoms with E-state index in [0.29, 0.717) is 17.4 Å². The molecule has 6 nitrogen and oxygen atoms in total. The van der Waals surface area contributed by atoms with Crippen LogP contribution in [0.25, 0.3) is 0 Å². The first-order chi connectivity index (χ1) is 8.04. The van der Waals surface area contributed by atoms with Gasteiger partial charge in [-0.1, -0.05) is 0 Å². The molecule has 1 N–H and O–H groups in total. The summed E-state index contributed by atoms with van der Waals surface area (Å²) in [6, 6.07) is 0. The van der Waals surface area contributed by atoms with Crippen LogP contribution in [0.15, 0.2) is 4.79 Å². The molecule has 0 saturated heterocycles. The standard InChI is InChI=1S/C11H15N3O3/c1-6-8(11(16)14(2)17-3)10(15)13-9(12-6)7-4-5-7/h7H,4-5H2,1-3H3,(H,12,13,15). The van der Waals surface area contributed by atoms with Crippen molar-refractivity contribution in [2.75, 3.05) is 14.2 Å². The Morgan fingerprint density at radius 3 is 2.65 bits per heavy atom. The fourth-order valence-electron chi connectivity index (χ4n) is 1.65. The minimum atomic E-state index is -0.485. The molecule has 1 aromatic heterocycles. The van der Waals surface area contributed by atoms with Crippen molar-refractivity contribution in [2.24, 2.45) is 0 Å². The molecule has 0 aromatic carbocycles. The maximum atomic E-state index is 11.9. The lowest BCUT2D eigenvalue weighted by atomic mass is 10.2. The average Bonchev–Trinajstić information content (AvgIpc) is 3.10. The van der Waals surface area contributed by atoms with Crippen molar-refractivity contribution >= 4 is 5.91 Å². The Labute approximate surface area is 98.6 Å². The number of aromatic amines is 1. The van der Waals surface area contributed by atoms with Crippen molar-refractivity contribution in [3.8, 4) is 0 Å². The number of carbonyl (C=O) groups excluding carboxylic acids is 1. The number of nitrogens with one attached hydrogen (secondary N) is 1. The van der Waals surface area contributed by atoms with Gasteiger partial charge in [0.15, 0.2) is 0 Å². The second kappa shape index (κ2) is 4.29. The molecule has 1 heterocycles. The van der Waals surface area contributed by atoms with Gasteiger partial charge in [-0.2, -0.15) is 0 Å². The first kappa shape index (κ1) is 11.8. The number of hydroxylamine groups is 2. The van der Waals surface area contributed by atoms with Crippen LogP contribution < -0.4 is 5.56 Å². The Bertz CT molecular complexity index is 505. The van der Waals surface area contributed by atoms with Crippen molar-refractivity contribution in [3.63, 3.8) is 0 Å². The highest BCUT2D eigenvalue weighted by Gasteiger charge is 2.28. The number of carbonyl (C=O) groups is 1. The number of H-pyrrole nitrogens is 1. The lowest BCUT2D eigenvalue weighted by Gasteiger charge is -2.14. The van der Waals surface area contributed by atoms with E-state index in [0.717, 1.165) is 17.9 Å². The van der Waals surface area contributed by atoms with Crippen molar-refractivity contribution in [1.29, 1.82) is 0 Å². The zero-order chi connectivity index (χ0) is 12.6. The summed E-state index contributed by atoms with van der Waals surface area (Å²) < 4.78 is 0. The van der Waals surface area contributed by atoms with E-state index in [1.807, 2.05) is 0 Å². The summed E-state index contributed by atoms with van der Waals surface area (Å²) in [4.78, 5) is 35.4. The third-order valence-corrected chi connectivity index (χ3v) is 2.86. The molecule has 1 aliphatic carbocycles. The van der Waals surface area contributed by atoms with Crippen LogP contribution in [0.4, 0.5) is 0 Å². The molecule has 2 rings (SSSR count). The molecule has 1 aromatic rings. The van der Waals surface area contributed by atoms with Gasteiger partial charge in [0.1, 0.15) is 11.4 Å². The Hall–Kier alpha value is -1.69. The molecule has 0 unspecified atom stereocenters. The Kier molecular flexibility index (Phi) is 2.97. The number of hydrogen-bond donors (Lipinski definition) is 1. The van der Waals surface area contributed by atoms with Crippen LogP contribution in [0.2, 0.25) is 0 Å². The van der Waals surface area contributed by atoms with Gasteiger partial charge in [0.25, 0.3) is 11.5 Å². The molecule has 0 spiro atoms. The first-order valence-electron chi connectivity index (χ1n) is 5.47. The maximum Gasteiger partial charge on any atom is 0.284 e. The monoisotopic (exact) mass is 237 g/mol. The van der Waals surface area contributed by atoms with E-state index in [9.17, 15) is 9.59 Å². The zero-order valence-corrected chi connectivity index (χ0v) is 10.1. The second-order valence-electron chi connectivity index (χ2n) is 4.17. The second-order valence-corrected chi connectivity index (χ2v) is 4.17. The molecule has 1 amide bonds. The average molecular weight is 237 g/mol. The number of nitrogens with zero attached hydrogens (tertiary/aromatic N) is 2. The lowest BCUT2D eigenvalue weighted by Crippen LogP contribution is -2.33. The number of hydrogen-bond acceptors (Lipinski definition) is 4. The fourth-order valence-corrected chi connectivity index (χ4v) is 1.65. The molecule has 0 atom stereocenters. The normalized spacial score (nSPS) is 14.8. The largest absolute Gasteiger partial charge is 0.310 e. The lowest BCUT2D eigenvalue weighted by molar-refractivity contribution is -0.0758. The summed E-state index contributed by atoms with van der Waals surface area (Å²) in [7, 11) is 2.82. The van der Waals surface area contributed by atoms with Crippen LogP contribution in [0.1, 0.15) is 40.6 Å². The molecule has 1 aliphatic rings. The van der Waals surface area contributed by atoms with E-state index in [-0.39, 0.29) is 5.56 Å². The zero-order valence-electron chi connectivity index (χ0n) is 10.1. The molecule has 1 saturated carbocycles. The topological polar surface area (TPSA) is 75.3 Å². The van der Waals surface area contributed by atoms with Crippen molar-refractivity contribution in [2.45, 2.75) is 25.7 Å². The summed E-state index contributed by atoms with van der Waals surface area (Å²) in [6.45, 7) is 1.66. The van der Waals surface area contributed by atoms with E-state index in [2.05, 4.69) is 9.97 Å². The number of aromatic nitrogens is 2. The van der Waals surface area contributed by atoms with Crippen LogP contribution in [0.5, 0.6) is 0 Å². The van der Waals surface area contributed by atoms with Gasteiger partial charge in [0.05, 0.1) is 12.8 Å². The fraction of sp³-hybridized carbons (Fsp3) is 0.545. The summed E-state index contributed by atoms with van der Waals surface area (Å²) in [5.74, 6) is 0.552. The third kappa shape index (κ3) is 2.21. The minimum Gasteiger partial charge on any atom is -0.310 e. The van der Waals surface area contributed by atoms with Crippen LogP contribution in [0.3, 0.4) is 0 Å². The van der Waals surface area contributed by atoms with Gasteiger partial charge in [0.2, 0.25) is 0 Å². The molecule has 0 radical (unpaired) electrons. The molecule has 0 bridgehead atoms. The molecular weight excluding hydrogens is 222 g/mol. The van der Waals surface area contributed by atoms with Crippen molar-refractivity contribution < 1.29 is 9.63 Å². The van der Waals surface area contributed by atoms with Gasteiger partial charge in [-0.15, -0.1) is 0 Å². The Morgan fingerprint density at radius 2 is 2.18 bits per heavy atom. The number of aryl methyl sites for hydroxylation is 1. The maximum absolute atomic E-state index is 11.9. The molecular formula is C11H15N3O3. The van der Waals surface area contributed by atoms with Gasteiger partial charge in [-0.25, -0.2) is 10.0 Å². The summed E-state index contributed by atoms with van der Waals surface area (Å²) in [5, 5.41) is 1.01. The van der Waals surface area contributed by atoms with Gasteiger partial charge in [-0.3, -0.25) is 14.4 Å². The van der Waals surface area contributed by atoms with Crippen molar-refractivity contribution in [1.82, 2.24) is 15.0 Å². The van der Waals surface area contributed by atoms with Crippen LogP contribution in [-0.2, 0) is 4.84 Å². The Balaban J connectivity index is 2.41. The van der Waals surface area contributed by atoms with E-state index in [1.165, 1.54) is 14.2 Å². The van der Waals surface area contributed by atoms with Crippen LogP contribution in [0, 0.1) is 6.92 Å². The summed E-state index contributed by atoms with van der Waals surface area (Å²) in [5.41, 5.74) is 0.0941. The highest BCUT2D eigenvalue weighted by molar-refractivity contribution is 5.93. The van der Waals surface area contributed by atoms with Crippen molar-refractivity contribution in [3.05, 3.63) is 27.4 Å². The van der Waals surface area contributed by atoms with E-state index in [4.69, 9.17) is 4.84 Å². The minimum absolute atomic E-state index is 0.0405. The highest BCUT2D eigenvalue weighted by Crippen LogP contribution is 2.37. The molecule has 1 fully saturated rings. The van der Waals surface area contributed by atoms with Crippen LogP contribution >= 0.6 is 0 Å². The molecule has 0 aliphatic heterocycles. The molecule has 17 heavy (non-hydrogen) atoms. The van der Waals surface area contributed by atoms with Gasteiger partial charge >= 0.3 is 0 Å². The van der Waals surface area contributed by atoms with Gasteiger partial charge in [-0.05, 0) is 19.8 Å². The molecule has 92 valence electrons. The smallest absolute Gasteiger partial charge is 0.284 e. The molecule has 6 heteroatoms. The van der Waals surface area contributed by atoms with Gasteiger partial charge in [0, 0.05) is 13.0 Å². The Morgan fingerprint density at radius 1 is 1.53 bits per heavy atom. The number of rotatable bonds is 3. The van der Waals surface area contributed by atoms with Gasteiger partial charge < -0.3 is 4.98 Å². The summed E-state index contributed by atoms with van der Waals surface area (Å²) >= 11 is 0. The quantitative estimate of drug-likeness (QED) is 0.781.